The molecule has 0 fully saturated rings. The van der Waals surface area contributed by atoms with Crippen molar-refractivity contribution >= 4 is 17.6 Å². The van der Waals surface area contributed by atoms with Gasteiger partial charge in [0, 0.05) is 0 Å². The van der Waals surface area contributed by atoms with Crippen LogP contribution in [0.25, 0.3) is 0 Å². The fraction of sp³-hybridized carbons (Fsp3) is 0.0909. The predicted molar refractivity (Wildman–Crippen MR) is 67.4 cm³/mol. The number of aliphatic imine (C=N–C) groups is 2. The minimum atomic E-state index is -0.109. The van der Waals surface area contributed by atoms with Gasteiger partial charge in [-0.15, -0.1) is 6.58 Å². The monoisotopic (exact) mass is 217 g/mol. The highest BCUT2D eigenvalue weighted by Crippen LogP contribution is 2.19. The first-order chi connectivity index (χ1) is 7.63. The van der Waals surface area contributed by atoms with Crippen molar-refractivity contribution in [3.8, 4) is 0 Å². The lowest BCUT2D eigenvalue weighted by Crippen LogP contribution is -2.26. The van der Waals surface area contributed by atoms with Gasteiger partial charge < -0.3 is 17.2 Å². The third-order valence-corrected chi connectivity index (χ3v) is 1.83. The number of hydrogen-bond acceptors (Lipinski definition) is 1. The molecule has 1 aromatic carbocycles. The first kappa shape index (κ1) is 11.8. The molecule has 0 saturated carbocycles. The number of nitrogens with two attached hydrogens (primary N) is 3. The van der Waals surface area contributed by atoms with Crippen molar-refractivity contribution in [1.29, 1.82) is 0 Å². The third-order valence-electron chi connectivity index (χ3n) is 1.83. The van der Waals surface area contributed by atoms with E-state index in [-0.39, 0.29) is 11.9 Å². The minimum absolute atomic E-state index is 0.0384. The first-order valence-corrected chi connectivity index (χ1v) is 4.76. The Labute approximate surface area is 94.4 Å². The van der Waals surface area contributed by atoms with E-state index in [1.165, 1.54) is 0 Å². The summed E-state index contributed by atoms with van der Waals surface area (Å²) >= 11 is 0. The number of allylic oxidation sites excluding steroid dienone is 1. The fourth-order valence-corrected chi connectivity index (χ4v) is 1.23. The molecule has 0 saturated heterocycles. The van der Waals surface area contributed by atoms with Gasteiger partial charge in [-0.3, -0.25) is 0 Å². The standard InChI is InChI=1S/C11H15N5/c1-2-5-8-6-3-4-7-9(8)15-11(14)16-10(12)13/h2-4,6-7H,1,5H2,(H6,12,13,14,15,16). The SMILES string of the molecule is C=CCc1ccccc1N=C(N)N=C(N)N. The van der Waals surface area contributed by atoms with Crippen molar-refractivity contribution in [3.63, 3.8) is 0 Å². The molecule has 0 amide bonds. The van der Waals surface area contributed by atoms with Gasteiger partial charge in [0.15, 0.2) is 5.96 Å². The van der Waals surface area contributed by atoms with Gasteiger partial charge in [0.1, 0.15) is 0 Å². The molecule has 5 heteroatoms. The van der Waals surface area contributed by atoms with Gasteiger partial charge in [-0.25, -0.2) is 4.99 Å². The summed E-state index contributed by atoms with van der Waals surface area (Å²) in [7, 11) is 0. The lowest BCUT2D eigenvalue weighted by molar-refractivity contribution is 1.25. The van der Waals surface area contributed by atoms with Crippen molar-refractivity contribution in [2.45, 2.75) is 6.42 Å². The van der Waals surface area contributed by atoms with Gasteiger partial charge in [0.2, 0.25) is 5.96 Å². The van der Waals surface area contributed by atoms with Crippen LogP contribution >= 0.6 is 0 Å². The highest BCUT2D eigenvalue weighted by molar-refractivity contribution is 5.93. The molecule has 0 atom stereocenters. The molecule has 0 spiro atoms. The molecule has 0 aliphatic carbocycles. The summed E-state index contributed by atoms with van der Waals surface area (Å²) < 4.78 is 0. The molecule has 0 radical (unpaired) electrons. The zero-order valence-electron chi connectivity index (χ0n) is 8.93. The number of benzene rings is 1. The van der Waals surface area contributed by atoms with Crippen LogP contribution in [0.2, 0.25) is 0 Å². The van der Waals surface area contributed by atoms with E-state index < -0.39 is 0 Å². The molecule has 0 unspecified atom stereocenters. The van der Waals surface area contributed by atoms with E-state index in [1.807, 2.05) is 24.3 Å². The van der Waals surface area contributed by atoms with E-state index >= 15 is 0 Å². The maximum absolute atomic E-state index is 5.55. The molecule has 0 aliphatic heterocycles. The van der Waals surface area contributed by atoms with Gasteiger partial charge in [-0.1, -0.05) is 24.3 Å². The van der Waals surface area contributed by atoms with Crippen molar-refractivity contribution in [2.24, 2.45) is 27.2 Å². The van der Waals surface area contributed by atoms with E-state index in [0.29, 0.717) is 0 Å². The molecule has 84 valence electrons. The smallest absolute Gasteiger partial charge is 0.223 e. The maximum Gasteiger partial charge on any atom is 0.223 e. The average molecular weight is 217 g/mol. The van der Waals surface area contributed by atoms with Crippen molar-refractivity contribution in [3.05, 3.63) is 42.5 Å². The van der Waals surface area contributed by atoms with E-state index in [1.54, 1.807) is 6.08 Å². The molecule has 0 heterocycles. The third kappa shape index (κ3) is 3.45. The van der Waals surface area contributed by atoms with E-state index in [0.717, 1.165) is 17.7 Å². The Morgan fingerprint density at radius 2 is 1.94 bits per heavy atom. The summed E-state index contributed by atoms with van der Waals surface area (Å²) in [5.74, 6) is -0.0704. The Bertz CT molecular complexity index is 430. The Morgan fingerprint density at radius 3 is 2.56 bits per heavy atom. The largest absolute Gasteiger partial charge is 0.370 e. The van der Waals surface area contributed by atoms with E-state index in [2.05, 4.69) is 16.6 Å². The second-order valence-corrected chi connectivity index (χ2v) is 3.13. The normalized spacial score (nSPS) is 10.9. The second-order valence-electron chi connectivity index (χ2n) is 3.13. The molecule has 1 rings (SSSR count). The molecule has 0 bridgehead atoms. The van der Waals surface area contributed by atoms with Gasteiger partial charge >= 0.3 is 0 Å². The number of rotatable bonds is 3. The van der Waals surface area contributed by atoms with Crippen molar-refractivity contribution in [2.75, 3.05) is 0 Å². The number of para-hydroxylation sites is 1. The minimum Gasteiger partial charge on any atom is -0.370 e. The summed E-state index contributed by atoms with van der Waals surface area (Å²) in [6, 6.07) is 7.58. The van der Waals surface area contributed by atoms with E-state index in [4.69, 9.17) is 17.2 Å². The van der Waals surface area contributed by atoms with Crippen LogP contribution in [0.3, 0.4) is 0 Å². The summed E-state index contributed by atoms with van der Waals surface area (Å²) in [6.45, 7) is 3.68. The van der Waals surface area contributed by atoms with Crippen LogP contribution in [0.15, 0.2) is 46.9 Å². The van der Waals surface area contributed by atoms with Gasteiger partial charge in [0.25, 0.3) is 0 Å². The Balaban J connectivity index is 3.04. The number of nitrogens with zero attached hydrogens (tertiary/aromatic N) is 2. The van der Waals surface area contributed by atoms with Crippen molar-refractivity contribution < 1.29 is 0 Å². The molecule has 1 aromatic rings. The predicted octanol–water partition coefficient (Wildman–Crippen LogP) is 0.635. The van der Waals surface area contributed by atoms with E-state index in [9.17, 15) is 0 Å². The molecule has 5 nitrogen and oxygen atoms in total. The summed E-state index contributed by atoms with van der Waals surface area (Å²) in [6.07, 6.45) is 2.51. The summed E-state index contributed by atoms with van der Waals surface area (Å²) in [5.41, 5.74) is 17.7. The highest BCUT2D eigenvalue weighted by atomic mass is 15.1. The van der Waals surface area contributed by atoms with Crippen molar-refractivity contribution in [1.82, 2.24) is 0 Å². The molecule has 6 N–H and O–H groups in total. The van der Waals surface area contributed by atoms with Crippen LogP contribution in [0.4, 0.5) is 5.69 Å². The first-order valence-electron chi connectivity index (χ1n) is 4.76. The number of guanidine groups is 2. The summed E-state index contributed by atoms with van der Waals surface area (Å²) in [4.78, 5) is 7.76. The van der Waals surface area contributed by atoms with Crippen LogP contribution in [-0.2, 0) is 6.42 Å². The quantitative estimate of drug-likeness (QED) is 0.393. The topological polar surface area (TPSA) is 103 Å². The second kappa shape index (κ2) is 5.55. The van der Waals surface area contributed by atoms with Gasteiger partial charge in [-0.05, 0) is 18.1 Å². The molecular weight excluding hydrogens is 202 g/mol. The lowest BCUT2D eigenvalue weighted by atomic mass is 10.1. The highest BCUT2D eigenvalue weighted by Gasteiger charge is 1.99. The van der Waals surface area contributed by atoms with Crippen LogP contribution in [-0.4, -0.2) is 11.9 Å². The van der Waals surface area contributed by atoms with Gasteiger partial charge in [0.05, 0.1) is 5.69 Å². The number of hydrogen-bond donors (Lipinski definition) is 3. The Hall–Kier alpha value is -2.30. The van der Waals surface area contributed by atoms with Gasteiger partial charge in [-0.2, -0.15) is 4.99 Å². The zero-order valence-corrected chi connectivity index (χ0v) is 8.93. The zero-order chi connectivity index (χ0) is 12.0. The Kier molecular flexibility index (Phi) is 4.08. The average Bonchev–Trinajstić information content (AvgIpc) is 2.20. The molecular formula is C11H15N5. The van der Waals surface area contributed by atoms with Crippen LogP contribution in [0.5, 0.6) is 0 Å². The molecule has 0 aliphatic rings. The van der Waals surface area contributed by atoms with Crippen LogP contribution in [0.1, 0.15) is 5.56 Å². The Morgan fingerprint density at radius 1 is 1.25 bits per heavy atom. The lowest BCUT2D eigenvalue weighted by Gasteiger charge is -2.02. The van der Waals surface area contributed by atoms with Crippen LogP contribution < -0.4 is 17.2 Å². The molecule has 16 heavy (non-hydrogen) atoms. The maximum atomic E-state index is 5.55. The summed E-state index contributed by atoms with van der Waals surface area (Å²) in [5, 5.41) is 0. The van der Waals surface area contributed by atoms with Crippen LogP contribution in [0, 0.1) is 0 Å². The molecule has 0 aromatic heterocycles. The fourth-order valence-electron chi connectivity index (χ4n) is 1.23.